The summed E-state index contributed by atoms with van der Waals surface area (Å²) in [6.07, 6.45) is 7.58. The zero-order chi connectivity index (χ0) is 17.4. The van der Waals surface area contributed by atoms with Crippen molar-refractivity contribution in [1.29, 1.82) is 5.26 Å². The van der Waals surface area contributed by atoms with Gasteiger partial charge in [-0.1, -0.05) is 42.5 Å². The molecule has 0 saturated carbocycles. The van der Waals surface area contributed by atoms with Gasteiger partial charge in [-0.3, -0.25) is 9.69 Å². The van der Waals surface area contributed by atoms with Gasteiger partial charge in [-0.2, -0.15) is 5.26 Å². The molecule has 4 rings (SSSR count). The molecule has 1 amide bonds. The Morgan fingerprint density at radius 2 is 1.96 bits per heavy atom. The van der Waals surface area contributed by atoms with Gasteiger partial charge in [0.15, 0.2) is 5.72 Å². The molecule has 0 saturated heterocycles. The first-order valence-electron chi connectivity index (χ1n) is 8.20. The summed E-state index contributed by atoms with van der Waals surface area (Å²) >= 11 is 0. The highest BCUT2D eigenvalue weighted by molar-refractivity contribution is 6.12. The number of nitrogens with zero attached hydrogens (tertiary/aromatic N) is 2. The van der Waals surface area contributed by atoms with Crippen molar-refractivity contribution in [3.63, 3.8) is 0 Å². The van der Waals surface area contributed by atoms with E-state index in [0.29, 0.717) is 28.0 Å². The number of nitriles is 1. The van der Waals surface area contributed by atoms with Crippen LogP contribution in [0.15, 0.2) is 72.3 Å². The zero-order valence-corrected chi connectivity index (χ0v) is 13.5. The number of hydrogen-bond donors (Lipinski definition) is 1. The van der Waals surface area contributed by atoms with Crippen molar-refractivity contribution in [2.75, 3.05) is 4.90 Å². The van der Waals surface area contributed by atoms with Gasteiger partial charge in [0.05, 0.1) is 11.6 Å². The molecule has 2 aromatic carbocycles. The molecule has 1 N–H and O–H groups in total. The van der Waals surface area contributed by atoms with Gasteiger partial charge in [0.2, 0.25) is 0 Å². The maximum atomic E-state index is 13.1. The third-order valence-electron chi connectivity index (χ3n) is 4.69. The van der Waals surface area contributed by atoms with Crippen LogP contribution in [-0.4, -0.2) is 11.0 Å². The van der Waals surface area contributed by atoms with Gasteiger partial charge in [0.1, 0.15) is 0 Å². The van der Waals surface area contributed by atoms with Crippen LogP contribution in [0.5, 0.6) is 0 Å². The fourth-order valence-corrected chi connectivity index (χ4v) is 3.54. The lowest BCUT2D eigenvalue weighted by Gasteiger charge is -2.36. The molecular formula is C21H16N2O2. The summed E-state index contributed by atoms with van der Waals surface area (Å²) in [4.78, 5) is 14.5. The molecule has 0 aromatic heterocycles. The van der Waals surface area contributed by atoms with E-state index in [2.05, 4.69) is 6.07 Å². The Morgan fingerprint density at radius 1 is 1.12 bits per heavy atom. The summed E-state index contributed by atoms with van der Waals surface area (Å²) in [6, 6.07) is 16.0. The van der Waals surface area contributed by atoms with E-state index >= 15 is 0 Å². The number of benzene rings is 2. The predicted molar refractivity (Wildman–Crippen MR) is 94.8 cm³/mol. The maximum absolute atomic E-state index is 13.1. The largest absolute Gasteiger partial charge is 0.363 e. The lowest BCUT2D eigenvalue weighted by Crippen LogP contribution is -2.45. The number of allylic oxidation sites excluding steroid dienone is 2. The van der Waals surface area contributed by atoms with E-state index < -0.39 is 5.72 Å². The van der Waals surface area contributed by atoms with Crippen LogP contribution in [0.3, 0.4) is 0 Å². The minimum Gasteiger partial charge on any atom is -0.363 e. The topological polar surface area (TPSA) is 64.3 Å². The van der Waals surface area contributed by atoms with E-state index in [1.54, 1.807) is 42.5 Å². The summed E-state index contributed by atoms with van der Waals surface area (Å²) in [7, 11) is 0. The van der Waals surface area contributed by atoms with Crippen molar-refractivity contribution in [1.82, 2.24) is 0 Å². The molecule has 0 bridgehead atoms. The molecule has 0 spiro atoms. The molecule has 2 aromatic rings. The van der Waals surface area contributed by atoms with Gasteiger partial charge < -0.3 is 5.11 Å². The van der Waals surface area contributed by atoms with Crippen LogP contribution in [0.1, 0.15) is 34.3 Å². The Kier molecular flexibility index (Phi) is 3.52. The molecule has 2 aliphatic rings. The monoisotopic (exact) mass is 328 g/mol. The first-order chi connectivity index (χ1) is 12.2. The molecule has 0 radical (unpaired) electrons. The second-order valence-corrected chi connectivity index (χ2v) is 6.16. The lowest BCUT2D eigenvalue weighted by molar-refractivity contribution is 0.0696. The molecule has 122 valence electrons. The molecule has 1 unspecified atom stereocenters. The second-order valence-electron chi connectivity index (χ2n) is 6.16. The Hall–Kier alpha value is -3.16. The number of rotatable bonds is 2. The van der Waals surface area contributed by atoms with Gasteiger partial charge in [-0.25, -0.2) is 0 Å². The Bertz CT molecular complexity index is 968. The van der Waals surface area contributed by atoms with Gasteiger partial charge in [0.25, 0.3) is 5.91 Å². The number of carbonyl (C=O) groups excluding carboxylic acids is 1. The molecular weight excluding hydrogens is 312 g/mol. The molecule has 1 aliphatic carbocycles. The molecule has 4 nitrogen and oxygen atoms in total. The first kappa shape index (κ1) is 15.4. The normalized spacial score (nSPS) is 21.7. The van der Waals surface area contributed by atoms with Gasteiger partial charge in [-0.15, -0.1) is 0 Å². The first-order valence-corrected chi connectivity index (χ1v) is 8.20. The standard InChI is InChI=1S/C21H16N2O2/c22-14-15-7-6-10-17(13-15)23-20(24)18-11-4-5-12-19(18)21(23,25)16-8-2-1-3-9-16/h2,4-13,25H,1,3H2. The number of aliphatic hydroxyl groups is 1. The number of hydrogen-bond acceptors (Lipinski definition) is 3. The van der Waals surface area contributed by atoms with Crippen LogP contribution in [0.2, 0.25) is 0 Å². The van der Waals surface area contributed by atoms with Crippen LogP contribution in [0.4, 0.5) is 5.69 Å². The molecule has 1 heterocycles. The molecule has 1 aliphatic heterocycles. The third kappa shape index (κ3) is 2.21. The zero-order valence-electron chi connectivity index (χ0n) is 13.5. The Balaban J connectivity index is 1.96. The summed E-state index contributed by atoms with van der Waals surface area (Å²) in [5.74, 6) is -0.270. The van der Waals surface area contributed by atoms with Crippen molar-refractivity contribution >= 4 is 11.6 Å². The minimum atomic E-state index is -1.57. The van der Waals surface area contributed by atoms with Crippen molar-refractivity contribution in [2.45, 2.75) is 18.6 Å². The highest BCUT2D eigenvalue weighted by Gasteiger charge is 2.51. The highest BCUT2D eigenvalue weighted by Crippen LogP contribution is 2.46. The number of fused-ring (bicyclic) bond motifs is 1. The van der Waals surface area contributed by atoms with Crippen LogP contribution >= 0.6 is 0 Å². The van der Waals surface area contributed by atoms with Crippen LogP contribution in [0, 0.1) is 11.3 Å². The quantitative estimate of drug-likeness (QED) is 0.915. The minimum absolute atomic E-state index is 0.270. The average molecular weight is 328 g/mol. The summed E-state index contributed by atoms with van der Waals surface area (Å²) in [6.45, 7) is 0. The SMILES string of the molecule is N#Cc1cccc(N2C(=O)c3ccccc3C2(O)C2=CCCC=C2)c1. The van der Waals surface area contributed by atoms with E-state index in [-0.39, 0.29) is 5.91 Å². The molecule has 25 heavy (non-hydrogen) atoms. The van der Waals surface area contributed by atoms with E-state index in [4.69, 9.17) is 0 Å². The highest BCUT2D eigenvalue weighted by atomic mass is 16.3. The van der Waals surface area contributed by atoms with Crippen LogP contribution in [-0.2, 0) is 5.72 Å². The smallest absolute Gasteiger partial charge is 0.261 e. The van der Waals surface area contributed by atoms with E-state index in [9.17, 15) is 15.2 Å². The number of amides is 1. The van der Waals surface area contributed by atoms with Gasteiger partial charge in [0, 0.05) is 22.4 Å². The van der Waals surface area contributed by atoms with Gasteiger partial charge in [-0.05, 0) is 37.1 Å². The Labute approximate surface area is 145 Å². The average Bonchev–Trinajstić information content (AvgIpc) is 2.91. The lowest BCUT2D eigenvalue weighted by atomic mass is 9.90. The van der Waals surface area contributed by atoms with Gasteiger partial charge >= 0.3 is 0 Å². The van der Waals surface area contributed by atoms with Crippen molar-refractivity contribution in [3.8, 4) is 6.07 Å². The van der Waals surface area contributed by atoms with Crippen molar-refractivity contribution in [3.05, 3.63) is 89.0 Å². The van der Waals surface area contributed by atoms with Crippen LogP contribution < -0.4 is 4.90 Å². The fraction of sp³-hybridized carbons (Fsp3) is 0.143. The predicted octanol–water partition coefficient (Wildman–Crippen LogP) is 3.64. The molecule has 4 heteroatoms. The summed E-state index contributed by atoms with van der Waals surface area (Å²) < 4.78 is 0. The third-order valence-corrected chi connectivity index (χ3v) is 4.69. The second kappa shape index (κ2) is 5.73. The van der Waals surface area contributed by atoms with Crippen LogP contribution in [0.25, 0.3) is 0 Å². The number of carbonyl (C=O) groups is 1. The van der Waals surface area contributed by atoms with E-state index in [0.717, 1.165) is 12.8 Å². The molecule has 0 fully saturated rings. The summed E-state index contributed by atoms with van der Waals surface area (Å²) in [5, 5.41) is 20.9. The van der Waals surface area contributed by atoms with E-state index in [1.807, 2.05) is 24.3 Å². The number of anilines is 1. The van der Waals surface area contributed by atoms with E-state index in [1.165, 1.54) is 4.90 Å². The summed E-state index contributed by atoms with van der Waals surface area (Å²) in [5.41, 5.74) is 1.10. The molecule has 1 atom stereocenters. The fourth-order valence-electron chi connectivity index (χ4n) is 3.54. The van der Waals surface area contributed by atoms with Crippen molar-refractivity contribution in [2.24, 2.45) is 0 Å². The Morgan fingerprint density at radius 3 is 2.72 bits per heavy atom. The van der Waals surface area contributed by atoms with Crippen molar-refractivity contribution < 1.29 is 9.90 Å². The maximum Gasteiger partial charge on any atom is 0.261 e.